The number of methoxy groups -OCH3 is 2. The van der Waals surface area contributed by atoms with Crippen LogP contribution in [0.3, 0.4) is 0 Å². The molecule has 2 aromatic rings. The van der Waals surface area contributed by atoms with Crippen molar-refractivity contribution in [3.63, 3.8) is 0 Å². The quantitative estimate of drug-likeness (QED) is 0.406. The first kappa shape index (κ1) is 25.9. The van der Waals surface area contributed by atoms with E-state index >= 15 is 0 Å². The second kappa shape index (κ2) is 15.7. The molecule has 0 bridgehead atoms. The topological polar surface area (TPSA) is 30.5 Å². The van der Waals surface area contributed by atoms with Crippen LogP contribution in [0.15, 0.2) is 36.4 Å². The Balaban J connectivity index is 0.000000303. The smallest absolute Gasteiger partial charge is 0.123 e. The number of hydrogen-bond donors (Lipinski definition) is 1. The molecule has 0 saturated heterocycles. The predicted octanol–water partition coefficient (Wildman–Crippen LogP) is 6.33. The standard InChI is InChI=1S/C13H20FNO.C12H17FO/c1-15-9-5-3-4-6-11-10-12(14)7-8-13(11)16-2;1-3-4-5-6-10-9-11(13)7-8-12(10)14-2/h7-8,10,15H,3-6,9H2,1-2H3;7-9H,3-6H2,1-2H3. The molecule has 1 N–H and O–H groups in total. The number of rotatable bonds is 12. The number of halogens is 2. The minimum atomic E-state index is -0.189. The lowest BCUT2D eigenvalue weighted by Gasteiger charge is -2.08. The molecule has 0 heterocycles. The van der Waals surface area contributed by atoms with Gasteiger partial charge in [-0.25, -0.2) is 8.78 Å². The molecule has 30 heavy (non-hydrogen) atoms. The van der Waals surface area contributed by atoms with E-state index in [1.807, 2.05) is 7.05 Å². The van der Waals surface area contributed by atoms with Crippen LogP contribution in [-0.4, -0.2) is 27.8 Å². The lowest BCUT2D eigenvalue weighted by atomic mass is 10.1. The van der Waals surface area contributed by atoms with Crippen molar-refractivity contribution in [2.75, 3.05) is 27.8 Å². The zero-order chi connectivity index (χ0) is 22.2. The van der Waals surface area contributed by atoms with E-state index in [4.69, 9.17) is 9.47 Å². The van der Waals surface area contributed by atoms with Gasteiger partial charge in [-0.1, -0.05) is 26.2 Å². The Morgan fingerprint density at radius 2 is 1.23 bits per heavy atom. The molecule has 5 heteroatoms. The van der Waals surface area contributed by atoms with Gasteiger partial charge in [0.1, 0.15) is 23.1 Å². The highest BCUT2D eigenvalue weighted by Crippen LogP contribution is 2.22. The average Bonchev–Trinajstić information content (AvgIpc) is 2.74. The third kappa shape index (κ3) is 10.1. The van der Waals surface area contributed by atoms with E-state index in [1.165, 1.54) is 25.0 Å². The summed E-state index contributed by atoms with van der Waals surface area (Å²) in [5.41, 5.74) is 1.94. The number of unbranched alkanes of at least 4 members (excludes halogenated alkanes) is 4. The number of benzene rings is 2. The van der Waals surface area contributed by atoms with Gasteiger partial charge in [0.2, 0.25) is 0 Å². The summed E-state index contributed by atoms with van der Waals surface area (Å²) in [6.45, 7) is 3.20. The van der Waals surface area contributed by atoms with Gasteiger partial charge in [-0.05, 0) is 93.2 Å². The minimum Gasteiger partial charge on any atom is -0.496 e. The van der Waals surface area contributed by atoms with Crippen LogP contribution in [0.1, 0.15) is 56.6 Å². The van der Waals surface area contributed by atoms with Gasteiger partial charge >= 0.3 is 0 Å². The molecule has 0 unspecified atom stereocenters. The Labute approximate surface area is 180 Å². The van der Waals surface area contributed by atoms with Crippen LogP contribution < -0.4 is 14.8 Å². The van der Waals surface area contributed by atoms with E-state index in [0.29, 0.717) is 0 Å². The molecule has 0 aliphatic rings. The molecule has 0 saturated carbocycles. The fraction of sp³-hybridized carbons (Fsp3) is 0.520. The highest BCUT2D eigenvalue weighted by Gasteiger charge is 2.05. The lowest BCUT2D eigenvalue weighted by molar-refractivity contribution is 0.407. The van der Waals surface area contributed by atoms with Gasteiger partial charge < -0.3 is 14.8 Å². The van der Waals surface area contributed by atoms with Crippen LogP contribution in [-0.2, 0) is 12.8 Å². The monoisotopic (exact) mass is 421 g/mol. The SMILES string of the molecule is CCCCCc1cc(F)ccc1OC.CNCCCCCc1cc(F)ccc1OC. The third-order valence-corrected chi connectivity index (χ3v) is 4.91. The van der Waals surface area contributed by atoms with Crippen LogP contribution in [0.2, 0.25) is 0 Å². The number of ether oxygens (including phenoxy) is 2. The summed E-state index contributed by atoms with van der Waals surface area (Å²) in [5, 5.41) is 3.11. The summed E-state index contributed by atoms with van der Waals surface area (Å²) >= 11 is 0. The maximum absolute atomic E-state index is 13.0. The maximum Gasteiger partial charge on any atom is 0.123 e. The van der Waals surface area contributed by atoms with Gasteiger partial charge in [0.15, 0.2) is 0 Å². The van der Waals surface area contributed by atoms with Gasteiger partial charge in [0, 0.05) is 0 Å². The van der Waals surface area contributed by atoms with Gasteiger partial charge in [-0.2, -0.15) is 0 Å². The van der Waals surface area contributed by atoms with Gasteiger partial charge in [0.05, 0.1) is 14.2 Å². The Kier molecular flexibility index (Phi) is 13.5. The normalized spacial score (nSPS) is 10.3. The number of nitrogens with one attached hydrogen (secondary N) is 1. The van der Waals surface area contributed by atoms with Crippen molar-refractivity contribution in [1.29, 1.82) is 0 Å². The van der Waals surface area contributed by atoms with Gasteiger partial charge in [-0.15, -0.1) is 0 Å². The van der Waals surface area contributed by atoms with E-state index in [9.17, 15) is 8.78 Å². The third-order valence-electron chi connectivity index (χ3n) is 4.91. The summed E-state index contributed by atoms with van der Waals surface area (Å²) in [6, 6.07) is 9.38. The average molecular weight is 422 g/mol. The van der Waals surface area contributed by atoms with Crippen LogP contribution in [0.5, 0.6) is 11.5 Å². The summed E-state index contributed by atoms with van der Waals surface area (Å²) in [5.74, 6) is 1.21. The highest BCUT2D eigenvalue weighted by molar-refractivity contribution is 5.34. The van der Waals surface area contributed by atoms with E-state index in [0.717, 1.165) is 67.7 Å². The molecule has 168 valence electrons. The number of hydrogen-bond acceptors (Lipinski definition) is 3. The fourth-order valence-corrected chi connectivity index (χ4v) is 3.24. The van der Waals surface area contributed by atoms with Crippen molar-refractivity contribution in [1.82, 2.24) is 5.32 Å². The Bertz CT molecular complexity index is 722. The minimum absolute atomic E-state index is 0.183. The van der Waals surface area contributed by atoms with E-state index < -0.39 is 0 Å². The largest absolute Gasteiger partial charge is 0.496 e. The van der Waals surface area contributed by atoms with Crippen molar-refractivity contribution < 1.29 is 18.3 Å². The summed E-state index contributed by atoms with van der Waals surface area (Å²) in [6.07, 6.45) is 8.61. The zero-order valence-electron chi connectivity index (χ0n) is 18.9. The predicted molar refractivity (Wildman–Crippen MR) is 121 cm³/mol. The number of aryl methyl sites for hydroxylation is 2. The molecule has 0 fully saturated rings. The summed E-state index contributed by atoms with van der Waals surface area (Å²) in [4.78, 5) is 0. The Hall–Kier alpha value is -2.14. The Morgan fingerprint density at radius 1 is 0.733 bits per heavy atom. The van der Waals surface area contributed by atoms with Crippen molar-refractivity contribution >= 4 is 0 Å². The second-order valence-electron chi connectivity index (χ2n) is 7.28. The van der Waals surface area contributed by atoms with E-state index in [-0.39, 0.29) is 11.6 Å². The molecule has 0 radical (unpaired) electrons. The van der Waals surface area contributed by atoms with Crippen molar-refractivity contribution in [3.05, 3.63) is 59.2 Å². The first-order chi connectivity index (χ1) is 14.5. The van der Waals surface area contributed by atoms with Crippen LogP contribution in [0, 0.1) is 11.6 Å². The maximum atomic E-state index is 13.0. The molecule has 0 atom stereocenters. The molecule has 0 aromatic heterocycles. The molecule has 3 nitrogen and oxygen atoms in total. The van der Waals surface area contributed by atoms with Gasteiger partial charge in [-0.3, -0.25) is 0 Å². The van der Waals surface area contributed by atoms with Crippen LogP contribution in [0.4, 0.5) is 8.78 Å². The molecule has 0 aliphatic heterocycles. The molecule has 2 rings (SSSR count). The Morgan fingerprint density at radius 3 is 1.67 bits per heavy atom. The summed E-state index contributed by atoms with van der Waals surface area (Å²) < 4.78 is 36.3. The molecular formula is C25H37F2NO2. The lowest BCUT2D eigenvalue weighted by Crippen LogP contribution is -2.07. The molecule has 0 amide bonds. The molecule has 2 aromatic carbocycles. The van der Waals surface area contributed by atoms with E-state index in [2.05, 4.69) is 12.2 Å². The van der Waals surface area contributed by atoms with Crippen LogP contribution in [0.25, 0.3) is 0 Å². The zero-order valence-corrected chi connectivity index (χ0v) is 18.9. The second-order valence-corrected chi connectivity index (χ2v) is 7.28. The van der Waals surface area contributed by atoms with E-state index in [1.54, 1.807) is 38.5 Å². The first-order valence-corrected chi connectivity index (χ1v) is 10.8. The fourth-order valence-electron chi connectivity index (χ4n) is 3.24. The summed E-state index contributed by atoms with van der Waals surface area (Å²) in [7, 11) is 5.20. The first-order valence-electron chi connectivity index (χ1n) is 10.8. The highest BCUT2D eigenvalue weighted by atomic mass is 19.1. The van der Waals surface area contributed by atoms with Crippen molar-refractivity contribution in [3.8, 4) is 11.5 Å². The van der Waals surface area contributed by atoms with Gasteiger partial charge in [0.25, 0.3) is 0 Å². The van der Waals surface area contributed by atoms with Crippen LogP contribution >= 0.6 is 0 Å². The molecule has 0 spiro atoms. The van der Waals surface area contributed by atoms with Crippen molar-refractivity contribution in [2.24, 2.45) is 0 Å². The molecule has 0 aliphatic carbocycles. The van der Waals surface area contributed by atoms with Crippen molar-refractivity contribution in [2.45, 2.75) is 58.3 Å². The molecular weight excluding hydrogens is 384 g/mol.